The molecule has 0 aliphatic rings. The third kappa shape index (κ3) is 11.4. The Morgan fingerprint density at radius 3 is 2.07 bits per heavy atom. The third-order valence-electron chi connectivity index (χ3n) is 2.72. The Balaban J connectivity index is 3.02. The van der Waals surface area contributed by atoms with E-state index in [9.17, 15) is 5.11 Å². The van der Waals surface area contributed by atoms with Crippen LogP contribution < -0.4 is 0 Å². The lowest BCUT2D eigenvalue weighted by Gasteiger charge is -2.05. The Labute approximate surface area is 94.3 Å². The number of hydrogen-bond acceptors (Lipinski definition) is 2. The number of aliphatic hydroxyl groups excluding tert-OH is 1. The Morgan fingerprint density at radius 1 is 1.00 bits per heavy atom. The number of aliphatic hydroxyl groups is 1. The van der Waals surface area contributed by atoms with Gasteiger partial charge in [-0.05, 0) is 6.42 Å². The topological polar surface area (TPSA) is 44.0 Å². The first-order valence-electron chi connectivity index (χ1n) is 6.36. The van der Waals surface area contributed by atoms with Gasteiger partial charge in [0, 0.05) is 0 Å². The fraction of sp³-hybridized carbons (Fsp3) is 0.923. The van der Waals surface area contributed by atoms with Crippen LogP contribution in [0.1, 0.15) is 71.1 Å². The van der Waals surface area contributed by atoms with Crippen molar-refractivity contribution in [3.8, 4) is 6.07 Å². The van der Waals surface area contributed by atoms with Gasteiger partial charge in [-0.1, -0.05) is 58.3 Å². The van der Waals surface area contributed by atoms with Crippen molar-refractivity contribution in [1.29, 1.82) is 5.26 Å². The van der Waals surface area contributed by atoms with E-state index < -0.39 is 6.10 Å². The first-order valence-corrected chi connectivity index (χ1v) is 6.36. The second-order valence-electron chi connectivity index (χ2n) is 4.28. The van der Waals surface area contributed by atoms with E-state index >= 15 is 0 Å². The summed E-state index contributed by atoms with van der Waals surface area (Å²) >= 11 is 0. The van der Waals surface area contributed by atoms with Gasteiger partial charge in [0.05, 0.1) is 18.6 Å². The fourth-order valence-electron chi connectivity index (χ4n) is 1.72. The molecule has 0 aromatic carbocycles. The van der Waals surface area contributed by atoms with Gasteiger partial charge in [0.1, 0.15) is 0 Å². The van der Waals surface area contributed by atoms with Crippen molar-refractivity contribution >= 4 is 0 Å². The van der Waals surface area contributed by atoms with Crippen molar-refractivity contribution in [1.82, 2.24) is 0 Å². The molecule has 0 aromatic rings. The summed E-state index contributed by atoms with van der Waals surface area (Å²) in [4.78, 5) is 0. The van der Waals surface area contributed by atoms with Gasteiger partial charge >= 0.3 is 0 Å². The normalized spacial score (nSPS) is 12.3. The number of rotatable bonds is 10. The Bertz CT molecular complexity index is 162. The van der Waals surface area contributed by atoms with Crippen molar-refractivity contribution in [2.45, 2.75) is 77.2 Å². The Hall–Kier alpha value is -0.550. The van der Waals surface area contributed by atoms with Crippen molar-refractivity contribution in [2.24, 2.45) is 0 Å². The highest BCUT2D eigenvalue weighted by atomic mass is 16.3. The summed E-state index contributed by atoms with van der Waals surface area (Å²) in [5.41, 5.74) is 0. The monoisotopic (exact) mass is 211 g/mol. The zero-order chi connectivity index (χ0) is 11.4. The molecule has 2 nitrogen and oxygen atoms in total. The fourth-order valence-corrected chi connectivity index (χ4v) is 1.72. The molecule has 0 radical (unpaired) electrons. The average molecular weight is 211 g/mol. The first-order chi connectivity index (χ1) is 7.31. The molecule has 1 N–H and O–H groups in total. The SMILES string of the molecule is CCCCCCCCCCC(O)CC#N. The molecular weight excluding hydrogens is 186 g/mol. The zero-order valence-corrected chi connectivity index (χ0v) is 10.0. The van der Waals surface area contributed by atoms with Crippen LogP contribution in [0, 0.1) is 11.3 Å². The predicted molar refractivity (Wildman–Crippen MR) is 63.5 cm³/mol. The van der Waals surface area contributed by atoms with Crippen LogP contribution in [0.3, 0.4) is 0 Å². The second kappa shape index (κ2) is 11.5. The summed E-state index contributed by atoms with van der Waals surface area (Å²) in [6.45, 7) is 2.23. The van der Waals surface area contributed by atoms with Gasteiger partial charge in [-0.2, -0.15) is 5.26 Å². The smallest absolute Gasteiger partial charge is 0.0670 e. The van der Waals surface area contributed by atoms with Gasteiger partial charge in [-0.15, -0.1) is 0 Å². The Morgan fingerprint density at radius 2 is 1.53 bits per heavy atom. The van der Waals surface area contributed by atoms with E-state index in [2.05, 4.69) is 6.92 Å². The van der Waals surface area contributed by atoms with E-state index in [0.29, 0.717) is 0 Å². The number of nitrogens with zero attached hydrogens (tertiary/aromatic N) is 1. The van der Waals surface area contributed by atoms with Gasteiger partial charge in [-0.3, -0.25) is 0 Å². The summed E-state index contributed by atoms with van der Waals surface area (Å²) in [6, 6.07) is 1.99. The lowest BCUT2D eigenvalue weighted by molar-refractivity contribution is 0.165. The molecule has 0 saturated heterocycles. The van der Waals surface area contributed by atoms with Gasteiger partial charge < -0.3 is 5.11 Å². The van der Waals surface area contributed by atoms with E-state index in [1.807, 2.05) is 6.07 Å². The number of unbranched alkanes of at least 4 members (excludes halogenated alkanes) is 7. The van der Waals surface area contributed by atoms with E-state index in [1.165, 1.54) is 44.9 Å². The van der Waals surface area contributed by atoms with Crippen molar-refractivity contribution in [3.63, 3.8) is 0 Å². The van der Waals surface area contributed by atoms with Crippen molar-refractivity contribution < 1.29 is 5.11 Å². The van der Waals surface area contributed by atoms with Crippen LogP contribution in [-0.4, -0.2) is 11.2 Å². The molecule has 1 unspecified atom stereocenters. The van der Waals surface area contributed by atoms with Crippen molar-refractivity contribution in [3.05, 3.63) is 0 Å². The highest BCUT2D eigenvalue weighted by Gasteiger charge is 2.01. The molecule has 0 fully saturated rings. The summed E-state index contributed by atoms with van der Waals surface area (Å²) < 4.78 is 0. The first kappa shape index (κ1) is 14.5. The standard InChI is InChI=1S/C13H25NO/c1-2-3-4-5-6-7-8-9-10-13(15)11-12-14/h13,15H,2-11H2,1H3. The largest absolute Gasteiger partial charge is 0.392 e. The molecule has 0 heterocycles. The minimum absolute atomic E-state index is 0.288. The summed E-state index contributed by atoms with van der Waals surface area (Å²) in [5, 5.41) is 17.6. The maximum absolute atomic E-state index is 9.30. The minimum Gasteiger partial charge on any atom is -0.392 e. The molecule has 0 bridgehead atoms. The summed E-state index contributed by atoms with van der Waals surface area (Å²) in [7, 11) is 0. The van der Waals surface area contributed by atoms with Crippen LogP contribution in [0.25, 0.3) is 0 Å². The summed E-state index contributed by atoms with van der Waals surface area (Å²) in [5.74, 6) is 0. The highest BCUT2D eigenvalue weighted by molar-refractivity contribution is 4.74. The molecule has 0 amide bonds. The molecule has 0 spiro atoms. The molecule has 0 aromatic heterocycles. The number of nitriles is 1. The van der Waals surface area contributed by atoms with Crippen LogP contribution in [0.4, 0.5) is 0 Å². The van der Waals surface area contributed by atoms with E-state index in [-0.39, 0.29) is 6.42 Å². The molecule has 0 rings (SSSR count). The number of hydrogen-bond donors (Lipinski definition) is 1. The van der Waals surface area contributed by atoms with Gasteiger partial charge in [0.15, 0.2) is 0 Å². The average Bonchev–Trinajstić information content (AvgIpc) is 2.22. The maximum atomic E-state index is 9.30. The maximum Gasteiger partial charge on any atom is 0.0670 e. The molecular formula is C13H25NO. The van der Waals surface area contributed by atoms with Gasteiger partial charge in [-0.25, -0.2) is 0 Å². The lowest BCUT2D eigenvalue weighted by atomic mass is 10.0. The molecule has 1 atom stereocenters. The quantitative estimate of drug-likeness (QED) is 0.559. The molecule has 88 valence electrons. The molecule has 15 heavy (non-hydrogen) atoms. The zero-order valence-electron chi connectivity index (χ0n) is 10.0. The van der Waals surface area contributed by atoms with Crippen LogP contribution in [-0.2, 0) is 0 Å². The lowest BCUT2D eigenvalue weighted by Crippen LogP contribution is -2.04. The predicted octanol–water partition coefficient (Wildman–Crippen LogP) is 3.79. The van der Waals surface area contributed by atoms with Gasteiger partial charge in [0.25, 0.3) is 0 Å². The van der Waals surface area contributed by atoms with Crippen molar-refractivity contribution in [2.75, 3.05) is 0 Å². The van der Waals surface area contributed by atoms with Crippen LogP contribution in [0.2, 0.25) is 0 Å². The van der Waals surface area contributed by atoms with E-state index in [0.717, 1.165) is 12.8 Å². The Kier molecular flexibility index (Phi) is 11.1. The highest BCUT2D eigenvalue weighted by Crippen LogP contribution is 2.11. The minimum atomic E-state index is -0.393. The van der Waals surface area contributed by atoms with E-state index in [4.69, 9.17) is 5.26 Å². The van der Waals surface area contributed by atoms with Crippen LogP contribution >= 0.6 is 0 Å². The second-order valence-corrected chi connectivity index (χ2v) is 4.28. The van der Waals surface area contributed by atoms with E-state index in [1.54, 1.807) is 0 Å². The van der Waals surface area contributed by atoms with Crippen LogP contribution in [0.15, 0.2) is 0 Å². The third-order valence-corrected chi connectivity index (χ3v) is 2.72. The molecule has 0 aliphatic carbocycles. The molecule has 0 aliphatic heterocycles. The van der Waals surface area contributed by atoms with Crippen LogP contribution in [0.5, 0.6) is 0 Å². The van der Waals surface area contributed by atoms with Gasteiger partial charge in [0.2, 0.25) is 0 Å². The molecule has 2 heteroatoms. The summed E-state index contributed by atoms with van der Waals surface area (Å²) in [6.07, 6.45) is 11.0. The molecule has 0 saturated carbocycles.